The molecule has 4 rings (SSSR count). The summed E-state index contributed by atoms with van der Waals surface area (Å²) in [4.78, 5) is 21.5. The molecule has 2 aromatic heterocycles. The normalized spacial score (nSPS) is 18.0. The number of fused-ring (bicyclic) bond motifs is 1. The van der Waals surface area contributed by atoms with E-state index in [4.69, 9.17) is 0 Å². The molecule has 1 saturated heterocycles. The molecule has 0 amide bonds. The van der Waals surface area contributed by atoms with Crippen molar-refractivity contribution < 1.29 is 17.2 Å². The highest BCUT2D eigenvalue weighted by Gasteiger charge is 2.40. The Balaban J connectivity index is 1.87. The van der Waals surface area contributed by atoms with Gasteiger partial charge in [0.2, 0.25) is 0 Å². The maximum atomic E-state index is 13.3. The van der Waals surface area contributed by atoms with E-state index in [1.807, 2.05) is 0 Å². The van der Waals surface area contributed by atoms with Gasteiger partial charge in [0, 0.05) is 19.8 Å². The number of rotatable bonds is 5. The molecule has 11 heteroatoms. The van der Waals surface area contributed by atoms with E-state index >= 15 is 0 Å². The maximum Gasteiger partial charge on any atom is 0.262 e. The number of benzene rings is 1. The first-order valence-electron chi connectivity index (χ1n) is 9.49. The van der Waals surface area contributed by atoms with Crippen LogP contribution in [0.3, 0.4) is 0 Å². The summed E-state index contributed by atoms with van der Waals surface area (Å²) in [6.45, 7) is 1.03. The van der Waals surface area contributed by atoms with Crippen molar-refractivity contribution in [2.45, 2.75) is 43.8 Å². The quantitative estimate of drug-likeness (QED) is 0.611. The molecular weight excluding hydrogens is 416 g/mol. The van der Waals surface area contributed by atoms with Crippen LogP contribution in [0, 0.1) is 6.92 Å². The molecule has 1 unspecified atom stereocenters. The van der Waals surface area contributed by atoms with E-state index in [1.165, 1.54) is 16.6 Å². The summed E-state index contributed by atoms with van der Waals surface area (Å²) in [7, 11) is -2.30. The van der Waals surface area contributed by atoms with Gasteiger partial charge in [-0.05, 0) is 31.9 Å². The Kier molecular flexibility index (Phi) is 5.18. The van der Waals surface area contributed by atoms with Crippen molar-refractivity contribution >= 4 is 20.9 Å². The molecule has 0 radical (unpaired) electrons. The molecular formula is C19H21F2N5O3S. The van der Waals surface area contributed by atoms with Gasteiger partial charge in [-0.2, -0.15) is 4.31 Å². The van der Waals surface area contributed by atoms with Gasteiger partial charge in [0.15, 0.2) is 5.03 Å². The van der Waals surface area contributed by atoms with E-state index in [9.17, 15) is 22.0 Å². The number of para-hydroxylation sites is 1. The van der Waals surface area contributed by atoms with Gasteiger partial charge < -0.3 is 4.57 Å². The molecule has 0 N–H and O–H groups in total. The lowest BCUT2D eigenvalue weighted by atomic mass is 10.2. The summed E-state index contributed by atoms with van der Waals surface area (Å²) in [6, 6.07) is 5.64. The number of aryl methyl sites for hydroxylation is 2. The summed E-state index contributed by atoms with van der Waals surface area (Å²) < 4.78 is 56.8. The average molecular weight is 437 g/mol. The Hall–Kier alpha value is -2.66. The van der Waals surface area contributed by atoms with Gasteiger partial charge in [-0.1, -0.05) is 12.1 Å². The second kappa shape index (κ2) is 7.55. The van der Waals surface area contributed by atoms with Gasteiger partial charge in [-0.3, -0.25) is 9.36 Å². The van der Waals surface area contributed by atoms with E-state index in [-0.39, 0.29) is 22.8 Å². The number of imidazole rings is 1. The molecule has 160 valence electrons. The van der Waals surface area contributed by atoms with E-state index in [2.05, 4.69) is 9.97 Å². The number of sulfonamides is 1. The van der Waals surface area contributed by atoms with Crippen LogP contribution in [0.2, 0.25) is 0 Å². The molecule has 3 heterocycles. The number of halogens is 2. The van der Waals surface area contributed by atoms with Crippen molar-refractivity contribution in [2.75, 3.05) is 6.54 Å². The van der Waals surface area contributed by atoms with Crippen LogP contribution in [0.4, 0.5) is 8.78 Å². The lowest BCUT2D eigenvalue weighted by Gasteiger charge is -2.25. The smallest absolute Gasteiger partial charge is 0.262 e. The molecule has 1 aliphatic heterocycles. The van der Waals surface area contributed by atoms with Gasteiger partial charge in [-0.25, -0.2) is 27.2 Å². The van der Waals surface area contributed by atoms with Gasteiger partial charge in [0.05, 0.1) is 23.5 Å². The Morgan fingerprint density at radius 1 is 1.23 bits per heavy atom. The fourth-order valence-corrected chi connectivity index (χ4v) is 5.49. The highest BCUT2D eigenvalue weighted by atomic mass is 32.2. The molecule has 0 saturated carbocycles. The fraction of sp³-hybridized carbons (Fsp3) is 0.421. The van der Waals surface area contributed by atoms with Crippen LogP contribution in [-0.2, 0) is 23.6 Å². The van der Waals surface area contributed by atoms with Crippen molar-refractivity contribution in [1.82, 2.24) is 23.4 Å². The van der Waals surface area contributed by atoms with Gasteiger partial charge >= 0.3 is 0 Å². The zero-order chi connectivity index (χ0) is 21.6. The first-order valence-corrected chi connectivity index (χ1v) is 10.9. The molecule has 0 bridgehead atoms. The molecule has 0 aliphatic carbocycles. The topological polar surface area (TPSA) is 90.1 Å². The summed E-state index contributed by atoms with van der Waals surface area (Å²) in [5.74, 6) is 0.565. The molecule has 30 heavy (non-hydrogen) atoms. The first-order chi connectivity index (χ1) is 14.2. The van der Waals surface area contributed by atoms with Gasteiger partial charge in [0.1, 0.15) is 11.6 Å². The summed E-state index contributed by atoms with van der Waals surface area (Å²) in [5, 5.41) is 0.104. The van der Waals surface area contributed by atoms with Crippen LogP contribution in [0.15, 0.2) is 40.3 Å². The first kappa shape index (κ1) is 20.6. The van der Waals surface area contributed by atoms with Gasteiger partial charge in [0.25, 0.3) is 22.0 Å². The minimum Gasteiger partial charge on any atom is -0.337 e. The Bertz CT molecular complexity index is 1250. The maximum absolute atomic E-state index is 13.3. The summed E-state index contributed by atoms with van der Waals surface area (Å²) >= 11 is 0. The number of aromatic nitrogens is 4. The summed E-state index contributed by atoms with van der Waals surface area (Å²) in [6.07, 6.45) is -0.471. The zero-order valence-electron chi connectivity index (χ0n) is 16.5. The van der Waals surface area contributed by atoms with Crippen molar-refractivity contribution in [3.8, 4) is 0 Å². The average Bonchev–Trinajstić information content (AvgIpc) is 3.31. The molecule has 8 nitrogen and oxygen atoms in total. The standard InChI is InChI=1S/C19H21F2N5O3S/c1-12-22-17(11-24(12)2)30(28,29)26-9-5-8-15(26)18-23-14-7-4-3-6-13(14)19(27)25(18)10-16(20)21/h3-4,6-7,11,15-16H,5,8-10H2,1-2H3. The minimum atomic E-state index is -3.99. The fourth-order valence-electron chi connectivity index (χ4n) is 3.81. The SMILES string of the molecule is Cc1nc(S(=O)(=O)N2CCCC2c2nc3ccccc3c(=O)n2CC(F)F)cn1C. The van der Waals surface area contributed by atoms with Gasteiger partial charge in [-0.15, -0.1) is 0 Å². The van der Waals surface area contributed by atoms with Crippen molar-refractivity contribution in [3.05, 3.63) is 52.5 Å². The van der Waals surface area contributed by atoms with Crippen LogP contribution in [0.5, 0.6) is 0 Å². The summed E-state index contributed by atoms with van der Waals surface area (Å²) in [5.41, 5.74) is -0.255. The monoisotopic (exact) mass is 437 g/mol. The van der Waals surface area contributed by atoms with Crippen LogP contribution in [0.25, 0.3) is 10.9 Å². The van der Waals surface area contributed by atoms with Crippen molar-refractivity contribution in [2.24, 2.45) is 7.05 Å². The third-order valence-electron chi connectivity index (χ3n) is 5.37. The molecule has 3 aromatic rings. The zero-order valence-corrected chi connectivity index (χ0v) is 17.3. The lowest BCUT2D eigenvalue weighted by molar-refractivity contribution is 0.122. The molecule has 1 aliphatic rings. The van der Waals surface area contributed by atoms with Crippen LogP contribution in [0.1, 0.15) is 30.5 Å². The Labute approximate surface area is 171 Å². The van der Waals surface area contributed by atoms with Crippen LogP contribution >= 0.6 is 0 Å². The molecule has 1 fully saturated rings. The van der Waals surface area contributed by atoms with E-state index < -0.39 is 34.6 Å². The number of hydrogen-bond acceptors (Lipinski definition) is 5. The lowest BCUT2D eigenvalue weighted by Crippen LogP contribution is -2.36. The molecule has 1 aromatic carbocycles. The Morgan fingerprint density at radius 2 is 1.97 bits per heavy atom. The number of nitrogens with zero attached hydrogens (tertiary/aromatic N) is 5. The predicted octanol–water partition coefficient (Wildman–Crippen LogP) is 2.23. The van der Waals surface area contributed by atoms with E-state index in [0.717, 1.165) is 4.57 Å². The number of alkyl halides is 2. The third-order valence-corrected chi connectivity index (χ3v) is 7.15. The van der Waals surface area contributed by atoms with Crippen LogP contribution in [-0.4, -0.2) is 44.8 Å². The second-order valence-electron chi connectivity index (χ2n) is 7.31. The predicted molar refractivity (Wildman–Crippen MR) is 106 cm³/mol. The minimum absolute atomic E-state index is 0.0349. The second-order valence-corrected chi connectivity index (χ2v) is 9.14. The van der Waals surface area contributed by atoms with E-state index in [1.54, 1.807) is 36.7 Å². The molecule has 0 spiro atoms. The third kappa shape index (κ3) is 3.41. The number of hydrogen-bond donors (Lipinski definition) is 0. The van der Waals surface area contributed by atoms with Crippen LogP contribution < -0.4 is 5.56 Å². The largest absolute Gasteiger partial charge is 0.337 e. The highest BCUT2D eigenvalue weighted by molar-refractivity contribution is 7.89. The van der Waals surface area contributed by atoms with Crippen molar-refractivity contribution in [3.63, 3.8) is 0 Å². The van der Waals surface area contributed by atoms with E-state index in [0.29, 0.717) is 24.2 Å². The molecule has 1 atom stereocenters. The van der Waals surface area contributed by atoms with Crippen molar-refractivity contribution in [1.29, 1.82) is 0 Å². The highest BCUT2D eigenvalue weighted by Crippen LogP contribution is 2.35. The Morgan fingerprint density at radius 3 is 2.63 bits per heavy atom.